The second kappa shape index (κ2) is 4.76. The first kappa shape index (κ1) is 8.91. The highest BCUT2D eigenvalue weighted by Gasteiger charge is 2.07. The van der Waals surface area contributed by atoms with Gasteiger partial charge in [0, 0.05) is 5.33 Å². The van der Waals surface area contributed by atoms with Gasteiger partial charge in [-0.05, 0) is 0 Å². The van der Waals surface area contributed by atoms with Gasteiger partial charge in [0.1, 0.15) is 0 Å². The Morgan fingerprint density at radius 1 is 1.89 bits per heavy atom. The first-order chi connectivity index (χ1) is 4.20. The Labute approximate surface area is 62.1 Å². The highest BCUT2D eigenvalue weighted by molar-refractivity contribution is 9.09. The molecule has 0 aromatic carbocycles. The average Bonchev–Trinajstić information content (AvgIpc) is 1.87. The highest BCUT2D eigenvalue weighted by atomic mass is 79.9. The third-order valence-electron chi connectivity index (χ3n) is 0.808. The van der Waals surface area contributed by atoms with Crippen molar-refractivity contribution in [1.82, 2.24) is 0 Å². The number of carbonyl (C=O) groups is 1. The monoisotopic (exact) mass is 196 g/mol. The van der Waals surface area contributed by atoms with Crippen LogP contribution < -0.4 is 0 Å². The van der Waals surface area contributed by atoms with Gasteiger partial charge in [-0.15, -0.1) is 0 Å². The van der Waals surface area contributed by atoms with Crippen molar-refractivity contribution >= 4 is 21.9 Å². The number of rotatable bonds is 3. The van der Waals surface area contributed by atoms with E-state index in [-0.39, 0.29) is 12.4 Å². The number of methoxy groups -OCH3 is 1. The molecule has 1 unspecified atom stereocenters. The fourth-order valence-electron chi connectivity index (χ4n) is 0.330. The van der Waals surface area contributed by atoms with Gasteiger partial charge in [-0.1, -0.05) is 15.9 Å². The van der Waals surface area contributed by atoms with Gasteiger partial charge < -0.3 is 9.84 Å². The van der Waals surface area contributed by atoms with Crippen molar-refractivity contribution in [2.75, 3.05) is 12.4 Å². The summed E-state index contributed by atoms with van der Waals surface area (Å²) in [6, 6.07) is 0. The van der Waals surface area contributed by atoms with Crippen molar-refractivity contribution in [3.05, 3.63) is 0 Å². The molecular weight excluding hydrogens is 188 g/mol. The minimum Gasteiger partial charge on any atom is -0.469 e. The fourth-order valence-corrected chi connectivity index (χ4v) is 0.559. The molecule has 0 spiro atoms. The minimum atomic E-state index is -0.627. The van der Waals surface area contributed by atoms with Crippen molar-refractivity contribution < 1.29 is 14.6 Å². The van der Waals surface area contributed by atoms with Gasteiger partial charge in [-0.25, -0.2) is 0 Å². The quantitative estimate of drug-likeness (QED) is 0.523. The minimum absolute atomic E-state index is 0.0573. The maximum absolute atomic E-state index is 10.4. The zero-order valence-corrected chi connectivity index (χ0v) is 6.72. The Morgan fingerprint density at radius 3 is 2.78 bits per heavy atom. The molecule has 0 radical (unpaired) electrons. The second-order valence-electron chi connectivity index (χ2n) is 1.59. The first-order valence-corrected chi connectivity index (χ1v) is 3.63. The van der Waals surface area contributed by atoms with Crippen molar-refractivity contribution in [2.24, 2.45) is 0 Å². The predicted octanol–water partition coefficient (Wildman–Crippen LogP) is 0.305. The molecule has 0 aromatic rings. The molecule has 0 amide bonds. The molecular formula is C5H9BrO3. The molecule has 9 heavy (non-hydrogen) atoms. The predicted molar refractivity (Wildman–Crippen MR) is 36.4 cm³/mol. The van der Waals surface area contributed by atoms with E-state index in [1.165, 1.54) is 7.11 Å². The Balaban J connectivity index is 3.34. The molecule has 0 aliphatic heterocycles. The third kappa shape index (κ3) is 4.42. The molecule has 0 heterocycles. The smallest absolute Gasteiger partial charge is 0.308 e. The van der Waals surface area contributed by atoms with Crippen LogP contribution in [0.3, 0.4) is 0 Å². The molecule has 54 valence electrons. The third-order valence-corrected chi connectivity index (χ3v) is 1.56. The molecule has 1 N–H and O–H groups in total. The van der Waals surface area contributed by atoms with Crippen LogP contribution in [0.5, 0.6) is 0 Å². The summed E-state index contributed by atoms with van der Waals surface area (Å²) in [5.74, 6) is -0.387. The molecule has 3 nitrogen and oxygen atoms in total. The lowest BCUT2D eigenvalue weighted by atomic mass is 10.3. The summed E-state index contributed by atoms with van der Waals surface area (Å²) in [5.41, 5.74) is 0. The van der Waals surface area contributed by atoms with Crippen LogP contribution in [0.15, 0.2) is 0 Å². The largest absolute Gasteiger partial charge is 0.469 e. The zero-order chi connectivity index (χ0) is 7.28. The maximum Gasteiger partial charge on any atom is 0.308 e. The first-order valence-electron chi connectivity index (χ1n) is 2.51. The van der Waals surface area contributed by atoms with Gasteiger partial charge in [-0.2, -0.15) is 0 Å². The SMILES string of the molecule is COC(=O)CC(O)CBr. The molecule has 0 aromatic heterocycles. The van der Waals surface area contributed by atoms with Crippen LogP contribution in [-0.4, -0.2) is 29.6 Å². The molecule has 4 heteroatoms. The molecule has 0 aliphatic rings. The van der Waals surface area contributed by atoms with Crippen LogP contribution in [0.25, 0.3) is 0 Å². The van der Waals surface area contributed by atoms with Crippen molar-refractivity contribution in [1.29, 1.82) is 0 Å². The Morgan fingerprint density at radius 2 is 2.44 bits per heavy atom. The number of hydrogen-bond acceptors (Lipinski definition) is 3. The van der Waals surface area contributed by atoms with E-state index in [1.54, 1.807) is 0 Å². The van der Waals surface area contributed by atoms with Crippen LogP contribution in [0, 0.1) is 0 Å². The highest BCUT2D eigenvalue weighted by Crippen LogP contribution is 1.96. The van der Waals surface area contributed by atoms with E-state index in [2.05, 4.69) is 20.7 Å². The number of aliphatic hydroxyl groups excluding tert-OH is 1. The molecule has 0 rings (SSSR count). The van der Waals surface area contributed by atoms with Crippen LogP contribution in [0.2, 0.25) is 0 Å². The van der Waals surface area contributed by atoms with Gasteiger partial charge in [-0.3, -0.25) is 4.79 Å². The number of esters is 1. The van der Waals surface area contributed by atoms with Gasteiger partial charge in [0.25, 0.3) is 0 Å². The Kier molecular flexibility index (Phi) is 4.71. The van der Waals surface area contributed by atoms with E-state index < -0.39 is 6.10 Å². The standard InChI is InChI=1S/C5H9BrO3/c1-9-5(8)2-4(7)3-6/h4,7H,2-3H2,1H3. The maximum atomic E-state index is 10.4. The normalized spacial score (nSPS) is 12.8. The van der Waals surface area contributed by atoms with Gasteiger partial charge in [0.2, 0.25) is 0 Å². The Bertz CT molecular complexity index is 94.2. The lowest BCUT2D eigenvalue weighted by Gasteiger charge is -2.02. The van der Waals surface area contributed by atoms with Gasteiger partial charge >= 0.3 is 5.97 Å². The van der Waals surface area contributed by atoms with E-state index >= 15 is 0 Å². The number of halogens is 1. The summed E-state index contributed by atoms with van der Waals surface area (Å²) in [5, 5.41) is 9.22. The van der Waals surface area contributed by atoms with E-state index in [9.17, 15) is 4.79 Å². The molecule has 0 saturated carbocycles. The molecule has 0 bridgehead atoms. The van der Waals surface area contributed by atoms with Crippen LogP contribution in [0.1, 0.15) is 6.42 Å². The van der Waals surface area contributed by atoms with Crippen LogP contribution in [-0.2, 0) is 9.53 Å². The molecule has 0 aliphatic carbocycles. The number of hydrogen-bond donors (Lipinski definition) is 1. The number of aliphatic hydroxyl groups is 1. The molecule has 1 atom stereocenters. The van der Waals surface area contributed by atoms with E-state index in [4.69, 9.17) is 5.11 Å². The average molecular weight is 197 g/mol. The Hall–Kier alpha value is -0.0900. The van der Waals surface area contributed by atoms with E-state index in [0.717, 1.165) is 0 Å². The van der Waals surface area contributed by atoms with Crippen LogP contribution in [0.4, 0.5) is 0 Å². The molecule has 0 fully saturated rings. The number of alkyl halides is 1. The van der Waals surface area contributed by atoms with Crippen molar-refractivity contribution in [3.63, 3.8) is 0 Å². The zero-order valence-electron chi connectivity index (χ0n) is 5.13. The van der Waals surface area contributed by atoms with Gasteiger partial charge in [0.05, 0.1) is 19.6 Å². The number of ether oxygens (including phenoxy) is 1. The lowest BCUT2D eigenvalue weighted by Crippen LogP contribution is -2.15. The summed E-state index contributed by atoms with van der Waals surface area (Å²) in [7, 11) is 1.29. The lowest BCUT2D eigenvalue weighted by molar-refractivity contribution is -0.142. The summed E-state index contributed by atoms with van der Waals surface area (Å²) in [6.07, 6.45) is -0.570. The van der Waals surface area contributed by atoms with E-state index in [0.29, 0.717) is 5.33 Å². The topological polar surface area (TPSA) is 46.5 Å². The van der Waals surface area contributed by atoms with E-state index in [1.807, 2.05) is 0 Å². The summed E-state index contributed by atoms with van der Waals surface area (Å²) < 4.78 is 4.30. The molecule has 0 saturated heterocycles. The summed E-state index contributed by atoms with van der Waals surface area (Å²) in [4.78, 5) is 10.4. The second-order valence-corrected chi connectivity index (χ2v) is 2.24. The van der Waals surface area contributed by atoms with Crippen molar-refractivity contribution in [2.45, 2.75) is 12.5 Å². The number of carbonyl (C=O) groups excluding carboxylic acids is 1. The van der Waals surface area contributed by atoms with Gasteiger partial charge in [0.15, 0.2) is 0 Å². The van der Waals surface area contributed by atoms with Crippen molar-refractivity contribution in [3.8, 4) is 0 Å². The summed E-state index contributed by atoms with van der Waals surface area (Å²) in [6.45, 7) is 0. The van der Waals surface area contributed by atoms with Crippen LogP contribution >= 0.6 is 15.9 Å². The summed E-state index contributed by atoms with van der Waals surface area (Å²) >= 11 is 3.01. The fraction of sp³-hybridized carbons (Fsp3) is 0.800.